The average molecular weight is 156 g/mol. The fourth-order valence-electron chi connectivity index (χ4n) is 0.980. The zero-order chi connectivity index (χ0) is 8.10. The normalized spacial score (nSPS) is 10.8. The van der Waals surface area contributed by atoms with E-state index in [1.54, 1.807) is 0 Å². The van der Waals surface area contributed by atoms with E-state index in [0.29, 0.717) is 6.54 Å². The second-order valence-corrected chi connectivity index (χ2v) is 2.62. The molecule has 1 rings (SSSR count). The number of aromatic nitrogens is 1. The Morgan fingerprint density at radius 1 is 1.64 bits per heavy atom. The molecule has 0 atom stereocenters. The lowest BCUT2D eigenvalue weighted by Gasteiger charge is -2.12. The van der Waals surface area contributed by atoms with Gasteiger partial charge in [0, 0.05) is 25.0 Å². The summed E-state index contributed by atoms with van der Waals surface area (Å²) in [6.45, 7) is 1.01. The van der Waals surface area contributed by atoms with Crippen LogP contribution in [0.4, 0.5) is 4.39 Å². The van der Waals surface area contributed by atoms with Crippen molar-refractivity contribution in [1.29, 1.82) is 0 Å². The molecule has 62 valence electrons. The molecule has 0 unspecified atom stereocenters. The predicted molar refractivity (Wildman–Crippen MR) is 43.1 cm³/mol. The summed E-state index contributed by atoms with van der Waals surface area (Å²) >= 11 is 0. The molecule has 0 aromatic carbocycles. The van der Waals surface area contributed by atoms with Gasteiger partial charge in [-0.3, -0.25) is 4.90 Å². The highest BCUT2D eigenvalue weighted by Crippen LogP contribution is 1.98. The molecular formula is C8H13FN2. The van der Waals surface area contributed by atoms with Crippen LogP contribution in [0.15, 0.2) is 18.3 Å². The first kappa shape index (κ1) is 8.27. The van der Waals surface area contributed by atoms with Crippen molar-refractivity contribution in [2.45, 2.75) is 6.54 Å². The largest absolute Gasteiger partial charge is 0.364 e. The van der Waals surface area contributed by atoms with E-state index < -0.39 is 0 Å². The van der Waals surface area contributed by atoms with E-state index in [1.165, 1.54) is 0 Å². The molecule has 11 heavy (non-hydrogen) atoms. The maximum absolute atomic E-state index is 11.8. The van der Waals surface area contributed by atoms with Crippen molar-refractivity contribution < 1.29 is 4.39 Å². The molecule has 3 heteroatoms. The molecule has 0 aliphatic rings. The minimum atomic E-state index is -0.281. The van der Waals surface area contributed by atoms with Gasteiger partial charge in [-0.15, -0.1) is 0 Å². The van der Waals surface area contributed by atoms with Crippen molar-refractivity contribution >= 4 is 0 Å². The van der Waals surface area contributed by atoms with Gasteiger partial charge in [-0.2, -0.15) is 0 Å². The van der Waals surface area contributed by atoms with Crippen LogP contribution in [0, 0.1) is 0 Å². The van der Waals surface area contributed by atoms with E-state index in [2.05, 4.69) is 4.98 Å². The first-order chi connectivity index (χ1) is 5.33. The third-order valence-electron chi connectivity index (χ3n) is 1.57. The summed E-state index contributed by atoms with van der Waals surface area (Å²) in [6, 6.07) is 3.94. The molecule has 0 radical (unpaired) electrons. The van der Waals surface area contributed by atoms with E-state index in [9.17, 15) is 4.39 Å². The standard InChI is InChI=1S/C8H13FN2/c1-11(6-4-9)7-8-3-2-5-10-8/h2-3,5,10H,4,6-7H2,1H3. The third-order valence-corrected chi connectivity index (χ3v) is 1.57. The molecule has 0 fully saturated rings. The number of aromatic amines is 1. The van der Waals surface area contributed by atoms with Gasteiger partial charge in [0.15, 0.2) is 0 Å². The summed E-state index contributed by atoms with van der Waals surface area (Å²) in [5, 5.41) is 0. The topological polar surface area (TPSA) is 19.0 Å². The monoisotopic (exact) mass is 156 g/mol. The molecule has 1 aromatic rings. The highest BCUT2D eigenvalue weighted by molar-refractivity contribution is 5.02. The van der Waals surface area contributed by atoms with Crippen molar-refractivity contribution in [1.82, 2.24) is 9.88 Å². The van der Waals surface area contributed by atoms with Crippen LogP contribution in [0.3, 0.4) is 0 Å². The summed E-state index contributed by atoms with van der Waals surface area (Å²) in [4.78, 5) is 5.00. The van der Waals surface area contributed by atoms with Gasteiger partial charge in [0.05, 0.1) is 0 Å². The molecule has 0 saturated heterocycles. The van der Waals surface area contributed by atoms with Crippen LogP contribution >= 0.6 is 0 Å². The van der Waals surface area contributed by atoms with Crippen LogP contribution in [0.2, 0.25) is 0 Å². The summed E-state index contributed by atoms with van der Waals surface area (Å²) < 4.78 is 11.8. The zero-order valence-corrected chi connectivity index (χ0v) is 6.68. The molecule has 0 saturated carbocycles. The molecule has 0 amide bonds. The van der Waals surface area contributed by atoms with Crippen LogP contribution in [-0.2, 0) is 6.54 Å². The number of alkyl halides is 1. The molecule has 1 aromatic heterocycles. The molecule has 0 bridgehead atoms. The zero-order valence-electron chi connectivity index (χ0n) is 6.68. The highest BCUT2D eigenvalue weighted by Gasteiger charge is 1.98. The SMILES string of the molecule is CN(CCF)Cc1ccc[nH]1. The van der Waals surface area contributed by atoms with Crippen molar-refractivity contribution in [3.63, 3.8) is 0 Å². The van der Waals surface area contributed by atoms with E-state index in [4.69, 9.17) is 0 Å². The Morgan fingerprint density at radius 3 is 3.00 bits per heavy atom. The Kier molecular flexibility index (Phi) is 3.11. The van der Waals surface area contributed by atoms with Gasteiger partial charge in [0.2, 0.25) is 0 Å². The number of hydrogen-bond acceptors (Lipinski definition) is 1. The van der Waals surface area contributed by atoms with Crippen LogP contribution in [0.5, 0.6) is 0 Å². The average Bonchev–Trinajstić information content (AvgIpc) is 2.40. The van der Waals surface area contributed by atoms with Crippen molar-refractivity contribution in [3.8, 4) is 0 Å². The quantitative estimate of drug-likeness (QED) is 0.698. The fourth-order valence-corrected chi connectivity index (χ4v) is 0.980. The van der Waals surface area contributed by atoms with Crippen LogP contribution in [0.25, 0.3) is 0 Å². The molecule has 1 N–H and O–H groups in total. The van der Waals surface area contributed by atoms with E-state index >= 15 is 0 Å². The Morgan fingerprint density at radius 2 is 2.45 bits per heavy atom. The number of nitrogens with zero attached hydrogens (tertiary/aromatic N) is 1. The van der Waals surface area contributed by atoms with Gasteiger partial charge in [-0.05, 0) is 19.2 Å². The smallest absolute Gasteiger partial charge is 0.102 e. The Balaban J connectivity index is 2.31. The van der Waals surface area contributed by atoms with Gasteiger partial charge in [-0.1, -0.05) is 0 Å². The van der Waals surface area contributed by atoms with Crippen LogP contribution < -0.4 is 0 Å². The highest BCUT2D eigenvalue weighted by atomic mass is 19.1. The fraction of sp³-hybridized carbons (Fsp3) is 0.500. The molecule has 0 aliphatic carbocycles. The molecular weight excluding hydrogens is 143 g/mol. The predicted octanol–water partition coefficient (Wildman–Crippen LogP) is 1.42. The van der Waals surface area contributed by atoms with E-state index in [0.717, 1.165) is 12.2 Å². The minimum absolute atomic E-state index is 0.281. The number of nitrogens with one attached hydrogen (secondary N) is 1. The van der Waals surface area contributed by atoms with Gasteiger partial charge < -0.3 is 4.98 Å². The lowest BCUT2D eigenvalue weighted by Crippen LogP contribution is -2.20. The Bertz CT molecular complexity index is 184. The van der Waals surface area contributed by atoms with Crippen LogP contribution in [-0.4, -0.2) is 30.2 Å². The van der Waals surface area contributed by atoms with Crippen molar-refractivity contribution in [2.75, 3.05) is 20.3 Å². The lowest BCUT2D eigenvalue weighted by atomic mass is 10.4. The number of halogens is 1. The second kappa shape index (κ2) is 4.13. The number of H-pyrrole nitrogens is 1. The number of hydrogen-bond donors (Lipinski definition) is 1. The van der Waals surface area contributed by atoms with Gasteiger partial charge in [0.25, 0.3) is 0 Å². The van der Waals surface area contributed by atoms with E-state index in [-0.39, 0.29) is 6.67 Å². The third kappa shape index (κ3) is 2.72. The first-order valence-electron chi connectivity index (χ1n) is 3.69. The summed E-state index contributed by atoms with van der Waals surface area (Å²) in [5.74, 6) is 0. The van der Waals surface area contributed by atoms with Gasteiger partial charge in [0.1, 0.15) is 6.67 Å². The maximum atomic E-state index is 11.8. The van der Waals surface area contributed by atoms with Gasteiger partial charge >= 0.3 is 0 Å². The van der Waals surface area contributed by atoms with Crippen molar-refractivity contribution in [2.24, 2.45) is 0 Å². The molecule has 0 spiro atoms. The maximum Gasteiger partial charge on any atom is 0.102 e. The lowest BCUT2D eigenvalue weighted by molar-refractivity contribution is 0.286. The Labute approximate surface area is 66.0 Å². The van der Waals surface area contributed by atoms with Gasteiger partial charge in [-0.25, -0.2) is 4.39 Å². The van der Waals surface area contributed by atoms with Crippen molar-refractivity contribution in [3.05, 3.63) is 24.0 Å². The molecule has 2 nitrogen and oxygen atoms in total. The molecule has 1 heterocycles. The minimum Gasteiger partial charge on any atom is -0.364 e. The first-order valence-corrected chi connectivity index (χ1v) is 3.69. The molecule has 0 aliphatic heterocycles. The summed E-state index contributed by atoms with van der Waals surface area (Å²) in [5.41, 5.74) is 1.13. The second-order valence-electron chi connectivity index (χ2n) is 2.62. The van der Waals surface area contributed by atoms with E-state index in [1.807, 2.05) is 30.3 Å². The summed E-state index contributed by atoms with van der Waals surface area (Å²) in [7, 11) is 1.90. The number of rotatable bonds is 4. The Hall–Kier alpha value is -0.830. The van der Waals surface area contributed by atoms with Crippen LogP contribution in [0.1, 0.15) is 5.69 Å². The summed E-state index contributed by atoms with van der Waals surface area (Å²) in [6.07, 6.45) is 1.87.